The number of fused-ring (bicyclic) bond motifs is 1. The van der Waals surface area contributed by atoms with Crippen LogP contribution in [-0.4, -0.2) is 43.0 Å². The predicted octanol–water partition coefficient (Wildman–Crippen LogP) is 7.12. The average molecular weight is 644 g/mol. The smallest absolute Gasteiger partial charge is 0.301 e. The number of amides is 1. The second kappa shape index (κ2) is 13.2. The van der Waals surface area contributed by atoms with Gasteiger partial charge in [-0.3, -0.25) is 18.9 Å². The number of Topliss-reactive ketones (excluding diaryl/α,β-unsaturated/α-hetero) is 1. The number of nitrogens with zero attached hydrogens (tertiary/aromatic N) is 5. The second-order valence-electron chi connectivity index (χ2n) is 10.5. The number of hydrogen-bond acceptors (Lipinski definition) is 9. The van der Waals surface area contributed by atoms with Gasteiger partial charge in [0.15, 0.2) is 10.1 Å². The molecule has 0 spiro atoms. The van der Waals surface area contributed by atoms with E-state index in [1.165, 1.54) is 22.7 Å². The van der Waals surface area contributed by atoms with Crippen molar-refractivity contribution in [1.29, 1.82) is 0 Å². The number of aromatic nitrogens is 4. The topological polar surface area (TPSA) is 110 Å². The Morgan fingerprint density at radius 2 is 1.89 bits per heavy atom. The van der Waals surface area contributed by atoms with Crippen LogP contribution in [0.1, 0.15) is 54.7 Å². The molecule has 1 fully saturated rings. The number of carbonyl (C=O) groups excluding carboxylic acids is 2. The maximum absolute atomic E-state index is 14.2. The molecule has 1 N–H and O–H groups in total. The van der Waals surface area contributed by atoms with Gasteiger partial charge in [-0.15, -0.1) is 10.2 Å². The van der Waals surface area contributed by atoms with Crippen molar-refractivity contribution in [1.82, 2.24) is 19.6 Å². The Balaban J connectivity index is 1.42. The predicted molar refractivity (Wildman–Crippen MR) is 172 cm³/mol. The number of ketones is 1. The molecule has 45 heavy (non-hydrogen) atoms. The highest BCUT2D eigenvalue weighted by Crippen LogP contribution is 2.45. The van der Waals surface area contributed by atoms with Gasteiger partial charge in [0.25, 0.3) is 5.78 Å². The summed E-state index contributed by atoms with van der Waals surface area (Å²) in [5.74, 6) is -1.46. The van der Waals surface area contributed by atoms with Gasteiger partial charge in [-0.1, -0.05) is 79.3 Å². The van der Waals surface area contributed by atoms with Gasteiger partial charge < -0.3 is 9.84 Å². The van der Waals surface area contributed by atoms with E-state index in [4.69, 9.17) is 4.74 Å². The summed E-state index contributed by atoms with van der Waals surface area (Å²) in [4.78, 5) is 33.3. The first kappa shape index (κ1) is 30.5. The summed E-state index contributed by atoms with van der Waals surface area (Å²) in [5.41, 5.74) is 2.39. The minimum Gasteiger partial charge on any atom is -0.505 e. The van der Waals surface area contributed by atoms with Crippen molar-refractivity contribution in [2.24, 2.45) is 0 Å². The quantitative estimate of drug-likeness (QED) is 0.0405. The number of hydrogen-bond donors (Lipinski definition) is 1. The lowest BCUT2D eigenvalue weighted by atomic mass is 9.96. The molecule has 0 saturated carbocycles. The van der Waals surface area contributed by atoms with Gasteiger partial charge in [-0.05, 0) is 54.8 Å². The van der Waals surface area contributed by atoms with E-state index in [0.29, 0.717) is 50.6 Å². The summed E-state index contributed by atoms with van der Waals surface area (Å²) in [6.07, 6.45) is 4.73. The number of pyridine rings is 1. The summed E-state index contributed by atoms with van der Waals surface area (Å²) in [6, 6.07) is 18.0. The van der Waals surface area contributed by atoms with Crippen molar-refractivity contribution in [3.63, 3.8) is 0 Å². The molecule has 12 heteroatoms. The van der Waals surface area contributed by atoms with Crippen LogP contribution >= 0.6 is 23.1 Å². The van der Waals surface area contributed by atoms with Crippen LogP contribution in [0, 0.1) is 12.7 Å². The molecule has 0 bridgehead atoms. The molecule has 0 aliphatic carbocycles. The van der Waals surface area contributed by atoms with Gasteiger partial charge in [-0.25, -0.2) is 9.37 Å². The fourth-order valence-corrected chi connectivity index (χ4v) is 7.16. The molecular formula is C33H30FN5O4S2. The first-order valence-electron chi connectivity index (χ1n) is 14.5. The largest absolute Gasteiger partial charge is 0.505 e. The molecule has 1 saturated heterocycles. The molecule has 4 heterocycles. The number of benzene rings is 2. The first-order valence-corrected chi connectivity index (χ1v) is 16.3. The van der Waals surface area contributed by atoms with Crippen LogP contribution in [0.3, 0.4) is 0 Å². The monoisotopic (exact) mass is 643 g/mol. The van der Waals surface area contributed by atoms with Crippen molar-refractivity contribution >= 4 is 51.3 Å². The third-order valence-corrected chi connectivity index (χ3v) is 9.58. The van der Waals surface area contributed by atoms with Crippen molar-refractivity contribution in [2.75, 3.05) is 11.5 Å². The van der Waals surface area contributed by atoms with Crippen LogP contribution in [0.2, 0.25) is 0 Å². The average Bonchev–Trinajstić information content (AvgIpc) is 3.72. The van der Waals surface area contributed by atoms with E-state index in [1.54, 1.807) is 66.1 Å². The number of rotatable bonds is 11. The number of imidazole rings is 1. The number of thioether (sulfide) groups is 1. The number of halogens is 1. The van der Waals surface area contributed by atoms with Gasteiger partial charge >= 0.3 is 5.91 Å². The van der Waals surface area contributed by atoms with E-state index in [1.807, 2.05) is 12.1 Å². The molecule has 0 radical (unpaired) electrons. The summed E-state index contributed by atoms with van der Waals surface area (Å²) < 4.78 is 22.4. The molecular weight excluding hydrogens is 614 g/mol. The van der Waals surface area contributed by atoms with Gasteiger partial charge in [0.1, 0.15) is 22.9 Å². The molecule has 1 aliphatic rings. The standard InChI is InChI=1S/C33H30FN5O4S2/c1-3-4-9-17-43-23-13-10-12-21(18-23)28-26(29(40)27-20(2)35-25-15-7-8-16-38(25)27)30(41)31(42)39(28)32-36-37-33(45-32)44-19-22-11-5-6-14-24(22)34/h5-8,10-16,18,28,40H,3-4,9,17,19H2,1-2H3/b29-26+. The maximum atomic E-state index is 14.2. The van der Waals surface area contributed by atoms with Gasteiger partial charge in [0.05, 0.1) is 23.9 Å². The number of anilines is 1. The minimum absolute atomic E-state index is 0.0901. The highest BCUT2D eigenvalue weighted by Gasteiger charge is 2.49. The fourth-order valence-electron chi connectivity index (χ4n) is 5.30. The molecule has 9 nitrogen and oxygen atoms in total. The maximum Gasteiger partial charge on any atom is 0.301 e. The third kappa shape index (κ3) is 6.07. The van der Waals surface area contributed by atoms with E-state index in [0.717, 1.165) is 30.6 Å². The van der Waals surface area contributed by atoms with Crippen LogP contribution in [0.15, 0.2) is 82.8 Å². The lowest BCUT2D eigenvalue weighted by Crippen LogP contribution is -2.29. The van der Waals surface area contributed by atoms with Crippen LogP contribution < -0.4 is 9.64 Å². The number of carbonyl (C=O) groups is 2. The molecule has 2 aromatic carbocycles. The number of unbranched alkanes of at least 4 members (excludes halogenated alkanes) is 2. The highest BCUT2D eigenvalue weighted by atomic mass is 32.2. The molecule has 1 atom stereocenters. The summed E-state index contributed by atoms with van der Waals surface area (Å²) in [6.45, 7) is 4.38. The number of aliphatic hydroxyl groups is 1. The van der Waals surface area contributed by atoms with Crippen LogP contribution in [0.25, 0.3) is 11.4 Å². The van der Waals surface area contributed by atoms with Gasteiger partial charge in [0, 0.05) is 11.9 Å². The van der Waals surface area contributed by atoms with E-state index in [2.05, 4.69) is 22.1 Å². The molecule has 3 aromatic heterocycles. The zero-order valence-corrected chi connectivity index (χ0v) is 26.3. The number of aliphatic hydroxyl groups excluding tert-OH is 1. The second-order valence-corrected chi connectivity index (χ2v) is 12.7. The zero-order chi connectivity index (χ0) is 31.5. The summed E-state index contributed by atoms with van der Waals surface area (Å²) >= 11 is 2.40. The molecule has 1 unspecified atom stereocenters. The Morgan fingerprint density at radius 3 is 2.71 bits per heavy atom. The molecule has 5 aromatic rings. The van der Waals surface area contributed by atoms with Crippen molar-refractivity contribution in [2.45, 2.75) is 49.2 Å². The van der Waals surface area contributed by atoms with Crippen molar-refractivity contribution in [3.8, 4) is 5.75 Å². The number of aryl methyl sites for hydroxylation is 1. The van der Waals surface area contributed by atoms with Crippen LogP contribution in [0.5, 0.6) is 5.75 Å². The Bertz CT molecular complexity index is 1920. The fraction of sp³-hybridized carbons (Fsp3) is 0.242. The normalized spacial score (nSPS) is 16.2. The lowest BCUT2D eigenvalue weighted by molar-refractivity contribution is -0.132. The first-order chi connectivity index (χ1) is 21.9. The summed E-state index contributed by atoms with van der Waals surface area (Å²) in [7, 11) is 0. The van der Waals surface area contributed by atoms with Crippen molar-refractivity contribution in [3.05, 3.63) is 107 Å². The Labute approximate surface area is 267 Å². The molecule has 1 amide bonds. The van der Waals surface area contributed by atoms with Crippen LogP contribution in [-0.2, 0) is 15.3 Å². The summed E-state index contributed by atoms with van der Waals surface area (Å²) in [5, 5.41) is 20.5. The van der Waals surface area contributed by atoms with E-state index in [-0.39, 0.29) is 22.3 Å². The van der Waals surface area contributed by atoms with E-state index in [9.17, 15) is 19.1 Å². The molecule has 6 rings (SSSR count). The minimum atomic E-state index is -1.02. The Morgan fingerprint density at radius 1 is 1.07 bits per heavy atom. The van der Waals surface area contributed by atoms with E-state index < -0.39 is 17.7 Å². The van der Waals surface area contributed by atoms with Gasteiger partial charge in [0.2, 0.25) is 5.13 Å². The van der Waals surface area contributed by atoms with Gasteiger partial charge in [-0.2, -0.15) is 0 Å². The molecule has 1 aliphatic heterocycles. The number of ether oxygens (including phenoxy) is 1. The highest BCUT2D eigenvalue weighted by molar-refractivity contribution is 8.00. The Kier molecular flexibility index (Phi) is 8.95. The molecule has 230 valence electrons. The lowest BCUT2D eigenvalue weighted by Gasteiger charge is -2.23. The van der Waals surface area contributed by atoms with E-state index >= 15 is 0 Å². The zero-order valence-electron chi connectivity index (χ0n) is 24.6. The van der Waals surface area contributed by atoms with Crippen LogP contribution in [0.4, 0.5) is 9.52 Å². The third-order valence-electron chi connectivity index (χ3n) is 7.47. The van der Waals surface area contributed by atoms with Crippen molar-refractivity contribution < 1.29 is 23.8 Å². The SMILES string of the molecule is CCCCCOc1cccc(C2/C(=C(\O)c3c(C)nc4ccccn34)C(=O)C(=O)N2c2nnc(SCc3ccccc3F)s2)c1. The Hall–Kier alpha value is -4.55.